The molecule has 0 bridgehead atoms. The fourth-order valence-electron chi connectivity index (χ4n) is 2.26. The molecule has 0 atom stereocenters. The van der Waals surface area contributed by atoms with Gasteiger partial charge in [-0.05, 0) is 25.1 Å². The Bertz CT molecular complexity index is 994. The molecule has 0 saturated heterocycles. The van der Waals surface area contributed by atoms with E-state index in [4.69, 9.17) is 4.74 Å². The molecule has 0 aliphatic carbocycles. The predicted molar refractivity (Wildman–Crippen MR) is 96.3 cm³/mol. The number of carbonyl (C=O) groups is 1. The third-order valence-corrected chi connectivity index (χ3v) is 4.31. The first-order valence-corrected chi connectivity index (χ1v) is 8.32. The van der Waals surface area contributed by atoms with Crippen LogP contribution in [0.3, 0.4) is 0 Å². The molecule has 0 aliphatic rings. The number of carbonyl (C=O) groups excluding carboxylic acids is 1. The van der Waals surface area contributed by atoms with E-state index in [1.165, 1.54) is 30.5 Å². The molecule has 2 aromatic heterocycles. The van der Waals surface area contributed by atoms with Crippen molar-refractivity contribution in [3.05, 3.63) is 57.3 Å². The molecule has 0 fully saturated rings. The van der Waals surface area contributed by atoms with E-state index in [9.17, 15) is 9.59 Å². The summed E-state index contributed by atoms with van der Waals surface area (Å²) in [6, 6.07) is 8.51. The van der Waals surface area contributed by atoms with Crippen molar-refractivity contribution in [1.29, 1.82) is 0 Å². The van der Waals surface area contributed by atoms with Gasteiger partial charge < -0.3 is 4.74 Å². The van der Waals surface area contributed by atoms with E-state index < -0.39 is 5.91 Å². The first-order valence-electron chi connectivity index (χ1n) is 7.44. The van der Waals surface area contributed by atoms with Crippen LogP contribution in [-0.4, -0.2) is 27.8 Å². The van der Waals surface area contributed by atoms with E-state index in [2.05, 4.69) is 15.4 Å². The molecular weight excluding hydrogens is 340 g/mol. The lowest BCUT2D eigenvalue weighted by Gasteiger charge is -2.07. The van der Waals surface area contributed by atoms with Crippen LogP contribution in [0, 0.1) is 6.92 Å². The molecule has 25 heavy (non-hydrogen) atoms. The summed E-state index contributed by atoms with van der Waals surface area (Å²) in [6.07, 6.45) is 0. The second-order valence-corrected chi connectivity index (χ2v) is 6.23. The first kappa shape index (κ1) is 16.8. The van der Waals surface area contributed by atoms with Gasteiger partial charge in [0.05, 0.1) is 12.8 Å². The zero-order valence-electron chi connectivity index (χ0n) is 13.9. The zero-order valence-corrected chi connectivity index (χ0v) is 14.8. The number of ether oxygens (including phenoxy) is 1. The number of hydrogen-bond donors (Lipinski definition) is 1. The van der Waals surface area contributed by atoms with E-state index in [-0.39, 0.29) is 11.3 Å². The molecule has 3 rings (SSSR count). The highest BCUT2D eigenvalue weighted by atomic mass is 32.1. The molecule has 0 saturated carbocycles. The number of aryl methyl sites for hydroxylation is 2. The molecule has 2 heterocycles. The predicted octanol–water partition coefficient (Wildman–Crippen LogP) is 2.47. The largest absolute Gasteiger partial charge is 0.496 e. The highest BCUT2D eigenvalue weighted by Crippen LogP contribution is 2.33. The van der Waals surface area contributed by atoms with E-state index in [0.717, 1.165) is 15.8 Å². The summed E-state index contributed by atoms with van der Waals surface area (Å²) in [5.41, 5.74) is 2.53. The second kappa shape index (κ2) is 6.86. The number of methoxy groups -OCH3 is 1. The van der Waals surface area contributed by atoms with Crippen LogP contribution in [0.2, 0.25) is 0 Å². The molecule has 1 amide bonds. The maximum absolute atomic E-state index is 12.3. The average Bonchev–Trinajstić information content (AvgIpc) is 3.05. The topological polar surface area (TPSA) is 86.1 Å². The molecule has 1 aromatic carbocycles. The van der Waals surface area contributed by atoms with Gasteiger partial charge in [-0.3, -0.25) is 14.9 Å². The van der Waals surface area contributed by atoms with Gasteiger partial charge >= 0.3 is 0 Å². The van der Waals surface area contributed by atoms with E-state index in [1.807, 2.05) is 30.5 Å². The normalized spacial score (nSPS) is 10.5. The maximum atomic E-state index is 12.3. The molecular formula is C17H16N4O3S. The van der Waals surface area contributed by atoms with Gasteiger partial charge in [-0.2, -0.15) is 5.10 Å². The van der Waals surface area contributed by atoms with Crippen LogP contribution in [0.5, 0.6) is 5.75 Å². The minimum absolute atomic E-state index is 0.145. The van der Waals surface area contributed by atoms with Crippen molar-refractivity contribution in [3.63, 3.8) is 0 Å². The summed E-state index contributed by atoms with van der Waals surface area (Å²) >= 11 is 1.30. The van der Waals surface area contributed by atoms with Gasteiger partial charge in [0, 0.05) is 24.1 Å². The van der Waals surface area contributed by atoms with Crippen molar-refractivity contribution in [1.82, 2.24) is 14.8 Å². The molecule has 0 radical (unpaired) electrons. The summed E-state index contributed by atoms with van der Waals surface area (Å²) in [5.74, 6) is 0.293. The Kier molecular flexibility index (Phi) is 4.62. The smallest absolute Gasteiger partial charge is 0.277 e. The summed E-state index contributed by atoms with van der Waals surface area (Å²) in [5, 5.41) is 8.91. The van der Waals surface area contributed by atoms with Crippen LogP contribution in [-0.2, 0) is 7.05 Å². The first-order chi connectivity index (χ1) is 12.0. The van der Waals surface area contributed by atoms with Gasteiger partial charge in [0.2, 0.25) is 0 Å². The summed E-state index contributed by atoms with van der Waals surface area (Å²) in [7, 11) is 3.10. The van der Waals surface area contributed by atoms with Crippen LogP contribution < -0.4 is 15.6 Å². The summed E-state index contributed by atoms with van der Waals surface area (Å²) < 4.78 is 6.48. The van der Waals surface area contributed by atoms with E-state index in [0.29, 0.717) is 16.6 Å². The fraction of sp³-hybridized carbons (Fsp3) is 0.176. The molecule has 8 heteroatoms. The zero-order chi connectivity index (χ0) is 18.0. The number of amides is 1. The highest BCUT2D eigenvalue weighted by Gasteiger charge is 2.14. The van der Waals surface area contributed by atoms with Crippen molar-refractivity contribution in [2.24, 2.45) is 7.05 Å². The lowest BCUT2D eigenvalue weighted by atomic mass is 10.1. The van der Waals surface area contributed by atoms with Crippen molar-refractivity contribution in [2.45, 2.75) is 6.92 Å². The van der Waals surface area contributed by atoms with Crippen molar-refractivity contribution >= 4 is 22.4 Å². The molecule has 1 N–H and O–H groups in total. The number of nitrogens with one attached hydrogen (secondary N) is 1. The summed E-state index contributed by atoms with van der Waals surface area (Å²) in [4.78, 5) is 28.0. The Morgan fingerprint density at radius 1 is 1.28 bits per heavy atom. The van der Waals surface area contributed by atoms with E-state index >= 15 is 0 Å². The third-order valence-electron chi connectivity index (χ3n) is 3.55. The van der Waals surface area contributed by atoms with Crippen molar-refractivity contribution in [3.8, 4) is 17.0 Å². The van der Waals surface area contributed by atoms with Gasteiger partial charge in [-0.1, -0.05) is 11.6 Å². The van der Waals surface area contributed by atoms with Gasteiger partial charge in [0.25, 0.3) is 11.5 Å². The number of anilines is 1. The third kappa shape index (κ3) is 3.58. The fourth-order valence-corrected chi connectivity index (χ4v) is 2.97. The van der Waals surface area contributed by atoms with Gasteiger partial charge in [-0.15, -0.1) is 11.3 Å². The SMILES string of the molecule is COc1ccc(C)cc1-c1csc(NC(=O)c2ccc(=O)n(C)n2)n1. The molecule has 0 spiro atoms. The van der Waals surface area contributed by atoms with Crippen LogP contribution in [0.15, 0.2) is 40.5 Å². The van der Waals surface area contributed by atoms with Crippen molar-refractivity contribution < 1.29 is 9.53 Å². The van der Waals surface area contributed by atoms with E-state index in [1.54, 1.807) is 7.11 Å². The molecule has 0 unspecified atom stereocenters. The maximum Gasteiger partial charge on any atom is 0.277 e. The van der Waals surface area contributed by atoms with Gasteiger partial charge in [-0.25, -0.2) is 9.67 Å². The minimum atomic E-state index is -0.423. The number of benzene rings is 1. The Balaban J connectivity index is 1.84. The highest BCUT2D eigenvalue weighted by molar-refractivity contribution is 7.14. The van der Waals surface area contributed by atoms with Crippen LogP contribution >= 0.6 is 11.3 Å². The number of hydrogen-bond acceptors (Lipinski definition) is 6. The molecule has 3 aromatic rings. The Morgan fingerprint density at radius 3 is 2.80 bits per heavy atom. The standard InChI is InChI=1S/C17H16N4O3S/c1-10-4-6-14(24-3)11(8-10)13-9-25-17(18-13)19-16(23)12-5-7-15(22)21(2)20-12/h4-9H,1-3H3,(H,18,19,23). The van der Waals surface area contributed by atoms with Gasteiger partial charge in [0.1, 0.15) is 11.4 Å². The number of nitrogens with zero attached hydrogens (tertiary/aromatic N) is 3. The quantitative estimate of drug-likeness (QED) is 0.776. The average molecular weight is 356 g/mol. The second-order valence-electron chi connectivity index (χ2n) is 5.38. The summed E-state index contributed by atoms with van der Waals surface area (Å²) in [6.45, 7) is 1.99. The monoisotopic (exact) mass is 356 g/mol. The number of rotatable bonds is 4. The lowest BCUT2D eigenvalue weighted by molar-refractivity contribution is 0.102. The number of aromatic nitrogens is 3. The van der Waals surface area contributed by atoms with Crippen molar-refractivity contribution in [2.75, 3.05) is 12.4 Å². The van der Waals surface area contributed by atoms with Gasteiger partial charge in [0.15, 0.2) is 5.13 Å². The number of thiazole rings is 1. The Hall–Kier alpha value is -3.00. The van der Waals surface area contributed by atoms with Crippen LogP contribution in [0.25, 0.3) is 11.3 Å². The Labute approximate surface area is 147 Å². The molecule has 0 aliphatic heterocycles. The molecule has 7 nitrogen and oxygen atoms in total. The Morgan fingerprint density at radius 2 is 2.08 bits per heavy atom. The molecule has 128 valence electrons. The van der Waals surface area contributed by atoms with Crippen LogP contribution in [0.4, 0.5) is 5.13 Å². The minimum Gasteiger partial charge on any atom is -0.496 e. The van der Waals surface area contributed by atoms with Crippen LogP contribution in [0.1, 0.15) is 16.1 Å². The lowest BCUT2D eigenvalue weighted by Crippen LogP contribution is -2.23.